The smallest absolute Gasteiger partial charge is 0.241 e. The summed E-state index contributed by atoms with van der Waals surface area (Å²) in [6, 6.07) is 1.49. The van der Waals surface area contributed by atoms with Gasteiger partial charge in [-0.15, -0.1) is 0 Å². The topological polar surface area (TPSA) is 61.4 Å². The van der Waals surface area contributed by atoms with Crippen LogP contribution >= 0.6 is 0 Å². The molecule has 4 aliphatic carbocycles. The van der Waals surface area contributed by atoms with Crippen LogP contribution in [0.3, 0.4) is 0 Å². The van der Waals surface area contributed by atoms with E-state index < -0.39 is 0 Å². The van der Waals surface area contributed by atoms with E-state index >= 15 is 0 Å². The Morgan fingerprint density at radius 1 is 0.963 bits per heavy atom. The van der Waals surface area contributed by atoms with E-state index in [1.807, 2.05) is 11.9 Å². The summed E-state index contributed by atoms with van der Waals surface area (Å²) in [7, 11) is 1.92. The highest BCUT2D eigenvalue weighted by atomic mass is 16.2. The van der Waals surface area contributed by atoms with Gasteiger partial charge in [-0.25, -0.2) is 0 Å². The van der Waals surface area contributed by atoms with Crippen LogP contribution in [0, 0.1) is 23.2 Å². The fraction of sp³-hybridized carbons (Fsp3) is 0.909. The molecular formula is C22H35N3O2. The lowest BCUT2D eigenvalue weighted by Crippen LogP contribution is -2.51. The minimum absolute atomic E-state index is 0.0696. The van der Waals surface area contributed by atoms with Crippen molar-refractivity contribution in [1.29, 1.82) is 0 Å². The third-order valence-corrected chi connectivity index (χ3v) is 8.53. The number of carbonyl (C=O) groups excluding carboxylic acids is 2. The fourth-order valence-electron chi connectivity index (χ4n) is 7.76. The average Bonchev–Trinajstić information content (AvgIpc) is 2.95. The molecule has 6 bridgehead atoms. The van der Waals surface area contributed by atoms with Crippen LogP contribution in [0.2, 0.25) is 0 Å². The number of nitrogens with zero attached hydrogens (tertiary/aromatic N) is 1. The number of hydrogen-bond donors (Lipinski definition) is 2. The molecule has 2 atom stereocenters. The molecule has 6 rings (SSSR count). The number of hydrogen-bond acceptors (Lipinski definition) is 3. The Labute approximate surface area is 163 Å². The highest BCUT2D eigenvalue weighted by Crippen LogP contribution is 2.61. The standard InChI is InChI=1S/C22H35N3O2/c1-25(19-7-17-2-3-18(8-19)24-17)21(27)13-23-20(26)12-22-9-14-4-15(10-22)6-16(5-14)11-22/h14-19,24H,2-13H2,1H3,(H,23,26). The summed E-state index contributed by atoms with van der Waals surface area (Å²) in [6.07, 6.45) is 13.2. The fourth-order valence-corrected chi connectivity index (χ4v) is 7.76. The molecule has 0 aromatic rings. The Morgan fingerprint density at radius 2 is 1.52 bits per heavy atom. The molecule has 0 radical (unpaired) electrons. The number of nitrogens with one attached hydrogen (secondary N) is 2. The third kappa shape index (κ3) is 3.52. The van der Waals surface area contributed by atoms with Gasteiger partial charge in [0.05, 0.1) is 6.54 Å². The van der Waals surface area contributed by atoms with Gasteiger partial charge < -0.3 is 15.5 Å². The van der Waals surface area contributed by atoms with Crippen LogP contribution in [0.15, 0.2) is 0 Å². The van der Waals surface area contributed by atoms with Crippen LogP contribution in [0.4, 0.5) is 0 Å². The monoisotopic (exact) mass is 373 g/mol. The number of likely N-dealkylation sites (N-methyl/N-ethyl adjacent to an activating group) is 1. The van der Waals surface area contributed by atoms with Crippen molar-refractivity contribution in [3.05, 3.63) is 0 Å². The molecule has 5 heteroatoms. The quantitative estimate of drug-likeness (QED) is 0.778. The SMILES string of the molecule is CN(C(=O)CNC(=O)CC12CC3CC(CC(C3)C1)C2)C1CC2CCC(C1)N2. The predicted molar refractivity (Wildman–Crippen MR) is 104 cm³/mol. The Bertz CT molecular complexity index is 571. The van der Waals surface area contributed by atoms with E-state index in [4.69, 9.17) is 0 Å². The molecular weight excluding hydrogens is 338 g/mol. The second kappa shape index (κ2) is 6.75. The number of rotatable bonds is 5. The maximum atomic E-state index is 12.7. The van der Waals surface area contributed by atoms with Crippen molar-refractivity contribution < 1.29 is 9.59 Å². The largest absolute Gasteiger partial charge is 0.347 e. The first-order chi connectivity index (χ1) is 13.0. The van der Waals surface area contributed by atoms with Crippen molar-refractivity contribution in [2.45, 2.75) is 88.8 Å². The highest BCUT2D eigenvalue weighted by Gasteiger charge is 2.51. The highest BCUT2D eigenvalue weighted by molar-refractivity contribution is 5.85. The van der Waals surface area contributed by atoms with Crippen molar-refractivity contribution in [2.24, 2.45) is 23.2 Å². The molecule has 0 spiro atoms. The van der Waals surface area contributed by atoms with Gasteiger partial charge in [0.2, 0.25) is 11.8 Å². The van der Waals surface area contributed by atoms with E-state index in [2.05, 4.69) is 10.6 Å². The molecule has 2 unspecified atom stereocenters. The predicted octanol–water partition coefficient (Wildman–Crippen LogP) is 2.45. The first kappa shape index (κ1) is 18.0. The van der Waals surface area contributed by atoms with Gasteiger partial charge in [0.1, 0.15) is 0 Å². The van der Waals surface area contributed by atoms with Crippen molar-refractivity contribution in [2.75, 3.05) is 13.6 Å². The third-order valence-electron chi connectivity index (χ3n) is 8.53. The summed E-state index contributed by atoms with van der Waals surface area (Å²) in [5, 5.41) is 6.60. The van der Waals surface area contributed by atoms with Crippen LogP contribution in [0.5, 0.6) is 0 Å². The van der Waals surface area contributed by atoms with Crippen molar-refractivity contribution in [3.63, 3.8) is 0 Å². The molecule has 0 aromatic heterocycles. The van der Waals surface area contributed by atoms with Gasteiger partial charge in [-0.3, -0.25) is 9.59 Å². The molecule has 0 aromatic carbocycles. The lowest BCUT2D eigenvalue weighted by molar-refractivity contribution is -0.136. The molecule has 27 heavy (non-hydrogen) atoms. The molecule has 2 heterocycles. The van der Waals surface area contributed by atoms with Gasteiger partial charge in [-0.1, -0.05) is 0 Å². The average molecular weight is 374 g/mol. The molecule has 2 aliphatic heterocycles. The number of piperidine rings is 1. The molecule has 2 amide bonds. The maximum Gasteiger partial charge on any atom is 0.241 e. The minimum atomic E-state index is 0.0696. The molecule has 150 valence electrons. The molecule has 2 N–H and O–H groups in total. The Morgan fingerprint density at radius 3 is 2.07 bits per heavy atom. The van der Waals surface area contributed by atoms with Gasteiger partial charge in [0, 0.05) is 31.6 Å². The van der Waals surface area contributed by atoms with Crippen molar-refractivity contribution >= 4 is 11.8 Å². The Kier molecular flexibility index (Phi) is 4.49. The van der Waals surface area contributed by atoms with E-state index in [1.165, 1.54) is 51.4 Å². The summed E-state index contributed by atoms with van der Waals surface area (Å²) in [4.78, 5) is 27.2. The Hall–Kier alpha value is -1.10. The van der Waals surface area contributed by atoms with Crippen molar-refractivity contribution in [1.82, 2.24) is 15.5 Å². The van der Waals surface area contributed by atoms with Crippen LogP contribution in [0.1, 0.15) is 70.6 Å². The lowest BCUT2D eigenvalue weighted by atomic mass is 9.49. The van der Waals surface area contributed by atoms with E-state index in [-0.39, 0.29) is 23.8 Å². The first-order valence-corrected chi connectivity index (χ1v) is 11.3. The van der Waals surface area contributed by atoms with Gasteiger partial charge in [-0.2, -0.15) is 0 Å². The summed E-state index contributed by atoms with van der Waals surface area (Å²) < 4.78 is 0. The zero-order valence-corrected chi connectivity index (χ0v) is 16.7. The molecule has 4 saturated carbocycles. The second-order valence-corrected chi connectivity index (χ2v) is 10.6. The summed E-state index contributed by atoms with van der Waals surface area (Å²) in [6.45, 7) is 0.168. The van der Waals surface area contributed by atoms with Gasteiger partial charge in [0.25, 0.3) is 0 Å². The van der Waals surface area contributed by atoms with E-state index in [0.717, 1.165) is 30.6 Å². The lowest BCUT2D eigenvalue weighted by Gasteiger charge is -2.56. The van der Waals surface area contributed by atoms with Crippen LogP contribution in [-0.4, -0.2) is 48.4 Å². The second-order valence-electron chi connectivity index (χ2n) is 10.6. The normalized spacial score (nSPS) is 44.3. The minimum Gasteiger partial charge on any atom is -0.347 e. The van der Waals surface area contributed by atoms with Crippen LogP contribution < -0.4 is 10.6 Å². The summed E-state index contributed by atoms with van der Waals surface area (Å²) >= 11 is 0. The molecule has 5 nitrogen and oxygen atoms in total. The number of carbonyl (C=O) groups is 2. The summed E-state index contributed by atoms with van der Waals surface area (Å²) in [5.41, 5.74) is 0.252. The van der Waals surface area contributed by atoms with E-state index in [1.54, 1.807) is 0 Å². The van der Waals surface area contributed by atoms with E-state index in [9.17, 15) is 9.59 Å². The zero-order valence-electron chi connectivity index (χ0n) is 16.7. The van der Waals surface area contributed by atoms with Gasteiger partial charge in [0.15, 0.2) is 0 Å². The number of fused-ring (bicyclic) bond motifs is 2. The van der Waals surface area contributed by atoms with Gasteiger partial charge in [-0.05, 0) is 87.4 Å². The summed E-state index contributed by atoms with van der Waals surface area (Å²) in [5.74, 6) is 2.77. The van der Waals surface area contributed by atoms with Crippen LogP contribution in [0.25, 0.3) is 0 Å². The number of amides is 2. The molecule has 6 aliphatic rings. The zero-order chi connectivity index (χ0) is 18.6. The first-order valence-electron chi connectivity index (χ1n) is 11.3. The van der Waals surface area contributed by atoms with Crippen LogP contribution in [-0.2, 0) is 9.59 Å². The maximum absolute atomic E-state index is 12.7. The van der Waals surface area contributed by atoms with Crippen molar-refractivity contribution in [3.8, 4) is 0 Å². The van der Waals surface area contributed by atoms with Gasteiger partial charge >= 0.3 is 0 Å². The Balaban J connectivity index is 1.11. The molecule has 6 fully saturated rings. The molecule has 2 saturated heterocycles. The van der Waals surface area contributed by atoms with E-state index in [0.29, 0.717) is 24.5 Å².